The van der Waals surface area contributed by atoms with Gasteiger partial charge in [-0.1, -0.05) is 79.0 Å². The van der Waals surface area contributed by atoms with Crippen LogP contribution in [0.25, 0.3) is 0 Å². The second kappa shape index (κ2) is 10.5. The molecule has 0 fully saturated rings. The Morgan fingerprint density at radius 1 is 0.950 bits per heavy atom. The van der Waals surface area contributed by atoms with Crippen molar-refractivity contribution in [2.45, 2.75) is 13.5 Å². The summed E-state index contributed by atoms with van der Waals surface area (Å²) < 4.78 is 2.01. The van der Waals surface area contributed by atoms with E-state index in [1.165, 1.54) is 11.1 Å². The molecular weight excluding hydrogens is 264 g/mol. The molecule has 0 saturated carbocycles. The topological polar surface area (TPSA) is 15.3 Å². The van der Waals surface area contributed by atoms with Crippen molar-refractivity contribution in [3.8, 4) is 0 Å². The van der Waals surface area contributed by atoms with Gasteiger partial charge >= 0.3 is 0 Å². The van der Waals surface area contributed by atoms with Crippen LogP contribution in [0, 0.1) is 6.92 Å². The van der Waals surface area contributed by atoms with Gasteiger partial charge in [-0.2, -0.15) is 0 Å². The standard InChI is InChI=1S/C10H16N2S.C7H8/c1-11-7-8-12(13)9-10-5-3-2-4-6-10;1-7-5-3-2-4-6-7/h2-6,11,13H,7-9H2,1H3;2-6H,1H3. The Labute approximate surface area is 128 Å². The van der Waals surface area contributed by atoms with Gasteiger partial charge in [0.2, 0.25) is 0 Å². The molecule has 0 aliphatic rings. The fourth-order valence-electron chi connectivity index (χ4n) is 1.65. The first-order valence-corrected chi connectivity index (χ1v) is 7.26. The van der Waals surface area contributed by atoms with Gasteiger partial charge in [0.25, 0.3) is 0 Å². The third-order valence-electron chi connectivity index (χ3n) is 2.77. The first-order valence-electron chi connectivity index (χ1n) is 6.86. The van der Waals surface area contributed by atoms with E-state index in [2.05, 4.69) is 61.5 Å². The number of nitrogens with one attached hydrogen (secondary N) is 1. The summed E-state index contributed by atoms with van der Waals surface area (Å²) in [5.74, 6) is 0. The zero-order valence-electron chi connectivity index (χ0n) is 12.3. The van der Waals surface area contributed by atoms with Gasteiger partial charge < -0.3 is 5.32 Å². The summed E-state index contributed by atoms with van der Waals surface area (Å²) in [5, 5.41) is 3.09. The quantitative estimate of drug-likeness (QED) is 0.818. The molecule has 2 nitrogen and oxygen atoms in total. The molecule has 0 aliphatic carbocycles. The molecule has 2 aromatic carbocycles. The number of rotatable bonds is 5. The minimum Gasteiger partial charge on any atom is -0.318 e. The molecule has 0 unspecified atom stereocenters. The maximum absolute atomic E-state index is 4.37. The van der Waals surface area contributed by atoms with E-state index < -0.39 is 0 Å². The van der Waals surface area contributed by atoms with E-state index in [-0.39, 0.29) is 0 Å². The molecule has 2 aromatic rings. The minimum atomic E-state index is 0.894. The van der Waals surface area contributed by atoms with Crippen molar-refractivity contribution in [1.82, 2.24) is 9.62 Å². The van der Waals surface area contributed by atoms with Crippen molar-refractivity contribution in [1.29, 1.82) is 0 Å². The molecule has 0 radical (unpaired) electrons. The van der Waals surface area contributed by atoms with Crippen molar-refractivity contribution in [2.24, 2.45) is 0 Å². The van der Waals surface area contributed by atoms with Crippen LogP contribution < -0.4 is 5.32 Å². The molecule has 108 valence electrons. The van der Waals surface area contributed by atoms with E-state index in [9.17, 15) is 0 Å². The van der Waals surface area contributed by atoms with Crippen LogP contribution in [0.5, 0.6) is 0 Å². The lowest BCUT2D eigenvalue weighted by Crippen LogP contribution is -2.23. The monoisotopic (exact) mass is 288 g/mol. The van der Waals surface area contributed by atoms with E-state index in [1.807, 2.05) is 35.6 Å². The molecule has 1 N–H and O–H groups in total. The number of benzene rings is 2. The first-order chi connectivity index (χ1) is 9.72. The molecular formula is C17H24N2S. The summed E-state index contributed by atoms with van der Waals surface area (Å²) in [5.41, 5.74) is 2.62. The van der Waals surface area contributed by atoms with Gasteiger partial charge in [0.1, 0.15) is 0 Å². The maximum Gasteiger partial charge on any atom is 0.0338 e. The Kier molecular flexibility index (Phi) is 8.79. The van der Waals surface area contributed by atoms with E-state index in [0.29, 0.717) is 0 Å². The van der Waals surface area contributed by atoms with Crippen LogP contribution in [-0.2, 0) is 6.54 Å². The van der Waals surface area contributed by atoms with Crippen LogP contribution >= 0.6 is 12.8 Å². The highest BCUT2D eigenvalue weighted by atomic mass is 32.1. The molecule has 0 amide bonds. The summed E-state index contributed by atoms with van der Waals surface area (Å²) in [6.45, 7) is 4.90. The van der Waals surface area contributed by atoms with Crippen molar-refractivity contribution >= 4 is 12.8 Å². The van der Waals surface area contributed by atoms with Crippen molar-refractivity contribution in [2.75, 3.05) is 20.1 Å². The largest absolute Gasteiger partial charge is 0.318 e. The lowest BCUT2D eigenvalue weighted by atomic mass is 10.2. The Hall–Kier alpha value is -1.29. The van der Waals surface area contributed by atoms with E-state index in [0.717, 1.165) is 19.6 Å². The third kappa shape index (κ3) is 8.00. The Morgan fingerprint density at radius 2 is 1.50 bits per heavy atom. The summed E-state index contributed by atoms with van der Waals surface area (Å²) in [7, 11) is 1.95. The second-order valence-electron chi connectivity index (χ2n) is 4.63. The van der Waals surface area contributed by atoms with Gasteiger partial charge in [-0.05, 0) is 19.5 Å². The Balaban J connectivity index is 0.000000240. The number of likely N-dealkylation sites (N-methyl/N-ethyl adjacent to an activating group) is 1. The lowest BCUT2D eigenvalue weighted by molar-refractivity contribution is 0.467. The van der Waals surface area contributed by atoms with Crippen LogP contribution in [0.4, 0.5) is 0 Å². The van der Waals surface area contributed by atoms with Crippen LogP contribution in [-0.4, -0.2) is 24.4 Å². The molecule has 0 heterocycles. The zero-order valence-corrected chi connectivity index (χ0v) is 13.2. The molecule has 0 aliphatic heterocycles. The molecule has 0 atom stereocenters. The predicted molar refractivity (Wildman–Crippen MR) is 90.9 cm³/mol. The summed E-state index contributed by atoms with van der Waals surface area (Å²) >= 11 is 4.37. The number of hydrogen-bond donors (Lipinski definition) is 2. The Morgan fingerprint density at radius 3 is 1.95 bits per heavy atom. The van der Waals surface area contributed by atoms with Gasteiger partial charge in [0.05, 0.1) is 0 Å². The molecule has 20 heavy (non-hydrogen) atoms. The summed E-state index contributed by atoms with van der Waals surface area (Å²) in [6, 6.07) is 20.6. The van der Waals surface area contributed by atoms with Crippen molar-refractivity contribution < 1.29 is 0 Å². The number of nitrogens with zero attached hydrogens (tertiary/aromatic N) is 1. The lowest BCUT2D eigenvalue weighted by Gasteiger charge is -2.14. The first kappa shape index (κ1) is 16.8. The van der Waals surface area contributed by atoms with Crippen LogP contribution in [0.2, 0.25) is 0 Å². The second-order valence-corrected chi connectivity index (χ2v) is 5.20. The van der Waals surface area contributed by atoms with Crippen LogP contribution in [0.3, 0.4) is 0 Å². The molecule has 2 rings (SSSR count). The van der Waals surface area contributed by atoms with Gasteiger partial charge in [0.15, 0.2) is 0 Å². The van der Waals surface area contributed by atoms with Crippen molar-refractivity contribution in [3.05, 3.63) is 71.8 Å². The minimum absolute atomic E-state index is 0.894. The maximum atomic E-state index is 4.37. The fourth-order valence-corrected chi connectivity index (χ4v) is 1.91. The highest BCUT2D eigenvalue weighted by molar-refractivity contribution is 7.77. The Bertz CT molecular complexity index is 445. The molecule has 0 spiro atoms. The SMILES string of the molecule is CNCCN(S)Cc1ccccc1.Cc1ccccc1. The van der Waals surface area contributed by atoms with E-state index in [4.69, 9.17) is 0 Å². The fraction of sp³-hybridized carbons (Fsp3) is 0.294. The third-order valence-corrected chi connectivity index (χ3v) is 3.11. The zero-order chi connectivity index (χ0) is 14.6. The van der Waals surface area contributed by atoms with Gasteiger partial charge in [-0.15, -0.1) is 0 Å². The van der Waals surface area contributed by atoms with Gasteiger partial charge in [-0.25, -0.2) is 4.31 Å². The molecule has 0 aromatic heterocycles. The van der Waals surface area contributed by atoms with Gasteiger partial charge in [0, 0.05) is 19.6 Å². The normalized spacial score (nSPS) is 10.0. The highest BCUT2D eigenvalue weighted by Crippen LogP contribution is 2.05. The van der Waals surface area contributed by atoms with E-state index >= 15 is 0 Å². The average Bonchev–Trinajstić information content (AvgIpc) is 2.48. The van der Waals surface area contributed by atoms with E-state index in [1.54, 1.807) is 0 Å². The average molecular weight is 288 g/mol. The summed E-state index contributed by atoms with van der Waals surface area (Å²) in [4.78, 5) is 0. The van der Waals surface area contributed by atoms with Crippen molar-refractivity contribution in [3.63, 3.8) is 0 Å². The smallest absolute Gasteiger partial charge is 0.0338 e. The highest BCUT2D eigenvalue weighted by Gasteiger charge is 1.98. The summed E-state index contributed by atoms with van der Waals surface area (Å²) in [6.07, 6.45) is 0. The number of thiol groups is 1. The number of aryl methyl sites for hydroxylation is 1. The van der Waals surface area contributed by atoms with Crippen LogP contribution in [0.1, 0.15) is 11.1 Å². The molecule has 0 bridgehead atoms. The molecule has 0 saturated heterocycles. The predicted octanol–water partition coefficient (Wildman–Crippen LogP) is 3.55. The molecule has 3 heteroatoms. The number of hydrogen-bond acceptors (Lipinski definition) is 3. The van der Waals surface area contributed by atoms with Gasteiger partial charge in [-0.3, -0.25) is 0 Å². The van der Waals surface area contributed by atoms with Crippen LogP contribution in [0.15, 0.2) is 60.7 Å².